The maximum Gasteiger partial charge on any atom is 0.268 e. The molecule has 3 atom stereocenters. The van der Waals surface area contributed by atoms with Crippen LogP contribution < -0.4 is 10.2 Å². The number of amides is 1. The SMILES string of the molecule is CCCCCCCCCCCC/C=C/CC/C=C/C(O)C(COP(=O)([O-])OCC[N+](C)(C)C)NC(=O)CCCCCCCCCCCCCCCCCCCCCCCCCCCCCCCCCCCCCCCCCC. The molecule has 0 aliphatic heterocycles. The van der Waals surface area contributed by atoms with E-state index >= 15 is 0 Å². The number of aliphatic hydroxyl groups excluding tert-OH is 1. The van der Waals surface area contributed by atoms with E-state index in [9.17, 15) is 19.4 Å². The van der Waals surface area contributed by atoms with E-state index in [4.69, 9.17) is 9.05 Å². The number of nitrogens with zero attached hydrogens (tertiary/aromatic N) is 1. The summed E-state index contributed by atoms with van der Waals surface area (Å²) in [6, 6.07) is -0.900. The van der Waals surface area contributed by atoms with Gasteiger partial charge in [-0.1, -0.05) is 346 Å². The number of hydrogen-bond donors (Lipinski definition) is 2. The first-order valence-electron chi connectivity index (χ1n) is 34.7. The smallest absolute Gasteiger partial charge is 0.268 e. The maximum absolute atomic E-state index is 13.0. The minimum Gasteiger partial charge on any atom is -0.756 e. The molecule has 0 spiro atoms. The monoisotopic (exact) mass is 1120 g/mol. The summed E-state index contributed by atoms with van der Waals surface area (Å²) in [6.07, 6.45) is 79.0. The highest BCUT2D eigenvalue weighted by molar-refractivity contribution is 7.45. The fraction of sp³-hybridized carbons (Fsp3) is 0.928. The average Bonchev–Trinajstić information content (AvgIpc) is 3.41. The summed E-state index contributed by atoms with van der Waals surface area (Å²) in [7, 11) is 1.26. The van der Waals surface area contributed by atoms with Crippen molar-refractivity contribution in [3.8, 4) is 0 Å². The van der Waals surface area contributed by atoms with Gasteiger partial charge in [0.1, 0.15) is 13.2 Å². The quantitative estimate of drug-likeness (QED) is 0.0272. The van der Waals surface area contributed by atoms with Gasteiger partial charge in [0, 0.05) is 6.42 Å². The minimum atomic E-state index is -4.60. The number of phosphoric ester groups is 1. The first-order chi connectivity index (χ1) is 38.0. The van der Waals surface area contributed by atoms with Gasteiger partial charge in [-0.3, -0.25) is 9.36 Å². The Morgan fingerprint density at radius 3 is 1.04 bits per heavy atom. The molecular formula is C69H137N2O6P. The average molecular weight is 1120 g/mol. The molecule has 0 saturated heterocycles. The molecule has 78 heavy (non-hydrogen) atoms. The van der Waals surface area contributed by atoms with Gasteiger partial charge in [-0.2, -0.15) is 0 Å². The van der Waals surface area contributed by atoms with E-state index in [-0.39, 0.29) is 19.1 Å². The Balaban J connectivity index is 3.86. The summed E-state index contributed by atoms with van der Waals surface area (Å²) < 4.78 is 23.4. The van der Waals surface area contributed by atoms with Crippen molar-refractivity contribution in [1.82, 2.24) is 5.32 Å². The van der Waals surface area contributed by atoms with Crippen LogP contribution in [0.25, 0.3) is 0 Å². The second kappa shape index (κ2) is 60.6. The molecule has 0 aromatic carbocycles. The normalized spacial score (nSPS) is 13.8. The van der Waals surface area contributed by atoms with Crippen molar-refractivity contribution >= 4 is 13.7 Å². The second-order valence-electron chi connectivity index (χ2n) is 25.2. The van der Waals surface area contributed by atoms with Crippen LogP contribution in [0.4, 0.5) is 0 Å². The summed E-state index contributed by atoms with van der Waals surface area (Å²) in [5.74, 6) is -0.200. The number of nitrogens with one attached hydrogen (secondary N) is 1. The van der Waals surface area contributed by atoms with E-state index in [1.165, 1.54) is 302 Å². The third kappa shape index (κ3) is 62.6. The highest BCUT2D eigenvalue weighted by atomic mass is 31.2. The predicted molar refractivity (Wildman–Crippen MR) is 339 cm³/mol. The Morgan fingerprint density at radius 2 is 0.718 bits per heavy atom. The zero-order valence-corrected chi connectivity index (χ0v) is 54.0. The Labute approximate surface area is 487 Å². The third-order valence-electron chi connectivity index (χ3n) is 16.2. The number of carbonyl (C=O) groups excluding carboxylic acids is 1. The fourth-order valence-electron chi connectivity index (χ4n) is 10.8. The summed E-state index contributed by atoms with van der Waals surface area (Å²) in [5.41, 5.74) is 0. The van der Waals surface area contributed by atoms with Gasteiger partial charge >= 0.3 is 0 Å². The van der Waals surface area contributed by atoms with Crippen molar-refractivity contribution in [2.24, 2.45) is 0 Å². The molecule has 1 amide bonds. The van der Waals surface area contributed by atoms with Gasteiger partial charge in [-0.25, -0.2) is 0 Å². The Morgan fingerprint density at radius 1 is 0.436 bits per heavy atom. The lowest BCUT2D eigenvalue weighted by Crippen LogP contribution is -2.45. The summed E-state index contributed by atoms with van der Waals surface area (Å²) in [5, 5.41) is 13.9. The van der Waals surface area contributed by atoms with Crippen molar-refractivity contribution in [3.63, 3.8) is 0 Å². The van der Waals surface area contributed by atoms with Crippen LogP contribution >= 0.6 is 7.82 Å². The van der Waals surface area contributed by atoms with Gasteiger partial charge in [-0.05, 0) is 32.1 Å². The van der Waals surface area contributed by atoms with E-state index < -0.39 is 20.0 Å². The number of aliphatic hydroxyl groups is 1. The molecule has 0 aromatic heterocycles. The molecule has 0 aromatic rings. The van der Waals surface area contributed by atoms with Gasteiger partial charge in [0.15, 0.2) is 0 Å². The van der Waals surface area contributed by atoms with Crippen LogP contribution in [-0.4, -0.2) is 68.5 Å². The molecule has 0 bridgehead atoms. The molecular weight excluding hydrogens is 984 g/mol. The van der Waals surface area contributed by atoms with Crippen LogP contribution in [0.5, 0.6) is 0 Å². The van der Waals surface area contributed by atoms with Crippen molar-refractivity contribution in [1.29, 1.82) is 0 Å². The summed E-state index contributed by atoms with van der Waals surface area (Å²) in [4.78, 5) is 25.5. The fourth-order valence-corrected chi connectivity index (χ4v) is 11.5. The van der Waals surface area contributed by atoms with Crippen molar-refractivity contribution in [2.45, 2.75) is 373 Å². The summed E-state index contributed by atoms with van der Waals surface area (Å²) in [6.45, 7) is 4.67. The molecule has 0 rings (SSSR count). The van der Waals surface area contributed by atoms with Crippen molar-refractivity contribution < 1.29 is 32.9 Å². The van der Waals surface area contributed by atoms with E-state index in [1.807, 2.05) is 27.2 Å². The zero-order chi connectivity index (χ0) is 57.0. The molecule has 0 radical (unpaired) electrons. The lowest BCUT2D eigenvalue weighted by Gasteiger charge is -2.29. The number of unbranched alkanes of at least 4 members (excludes halogenated alkanes) is 50. The van der Waals surface area contributed by atoms with Crippen LogP contribution in [0.1, 0.15) is 361 Å². The van der Waals surface area contributed by atoms with Gasteiger partial charge in [0.25, 0.3) is 7.82 Å². The molecule has 0 aliphatic carbocycles. The minimum absolute atomic E-state index is 0.00370. The van der Waals surface area contributed by atoms with Crippen LogP contribution in [0.15, 0.2) is 24.3 Å². The number of rotatable bonds is 65. The van der Waals surface area contributed by atoms with Gasteiger partial charge in [0.05, 0.1) is 39.9 Å². The maximum atomic E-state index is 13.0. The first kappa shape index (κ1) is 77.0. The third-order valence-corrected chi connectivity index (χ3v) is 17.1. The van der Waals surface area contributed by atoms with Crippen LogP contribution in [0.3, 0.4) is 0 Å². The first-order valence-corrected chi connectivity index (χ1v) is 36.2. The van der Waals surface area contributed by atoms with Crippen molar-refractivity contribution in [3.05, 3.63) is 24.3 Å². The van der Waals surface area contributed by atoms with Gasteiger partial charge < -0.3 is 28.8 Å². The lowest BCUT2D eigenvalue weighted by atomic mass is 10.0. The second-order valence-corrected chi connectivity index (χ2v) is 26.7. The molecule has 0 aliphatic rings. The Bertz CT molecular complexity index is 1320. The zero-order valence-electron chi connectivity index (χ0n) is 53.2. The standard InChI is InChI=1S/C69H137N2O6P/c1-6-8-10-12-14-16-18-20-22-24-25-26-27-28-29-30-31-32-33-34-35-36-37-38-39-40-41-42-43-44-45-46-47-49-51-53-55-57-59-61-63-69(73)70-67(66-77-78(74,75)76-65-64-71(3,4)5)68(72)62-60-58-56-54-52-50-48-23-21-19-17-15-13-11-9-7-2/h52,54,60,62,67-68,72H,6-51,53,55-59,61,63-66H2,1-5H3,(H-,70,73,74,75)/b54-52+,62-60+. The van der Waals surface area contributed by atoms with Crippen LogP contribution in [0, 0.1) is 0 Å². The van der Waals surface area contributed by atoms with E-state index in [0.717, 1.165) is 38.5 Å². The molecule has 0 heterocycles. The number of likely N-dealkylation sites (N-methyl/N-ethyl adjacent to an activating group) is 1. The number of carbonyl (C=O) groups is 1. The molecule has 0 saturated carbocycles. The molecule has 464 valence electrons. The number of hydrogen-bond acceptors (Lipinski definition) is 6. The molecule has 2 N–H and O–H groups in total. The molecule has 9 heteroatoms. The van der Waals surface area contributed by atoms with Crippen molar-refractivity contribution in [2.75, 3.05) is 40.9 Å². The molecule has 3 unspecified atom stereocenters. The predicted octanol–water partition coefficient (Wildman–Crippen LogP) is 21.3. The lowest BCUT2D eigenvalue weighted by molar-refractivity contribution is -0.870. The number of phosphoric acid groups is 1. The largest absolute Gasteiger partial charge is 0.756 e. The molecule has 0 fully saturated rings. The van der Waals surface area contributed by atoms with Crippen LogP contribution in [-0.2, 0) is 18.4 Å². The van der Waals surface area contributed by atoms with E-state index in [2.05, 4.69) is 31.3 Å². The molecule has 8 nitrogen and oxygen atoms in total. The Hall–Kier alpha value is -1.02. The highest BCUT2D eigenvalue weighted by Gasteiger charge is 2.23. The highest BCUT2D eigenvalue weighted by Crippen LogP contribution is 2.38. The van der Waals surface area contributed by atoms with Gasteiger partial charge in [0.2, 0.25) is 5.91 Å². The van der Waals surface area contributed by atoms with E-state index in [0.29, 0.717) is 17.4 Å². The van der Waals surface area contributed by atoms with Crippen LogP contribution in [0.2, 0.25) is 0 Å². The number of quaternary nitrogens is 1. The van der Waals surface area contributed by atoms with E-state index in [1.54, 1.807) is 6.08 Å². The topological polar surface area (TPSA) is 108 Å². The Kier molecular flexibility index (Phi) is 59.8. The summed E-state index contributed by atoms with van der Waals surface area (Å²) >= 11 is 0. The number of allylic oxidation sites excluding steroid dienone is 3. The van der Waals surface area contributed by atoms with Gasteiger partial charge in [-0.15, -0.1) is 0 Å².